The first-order valence-electron chi connectivity index (χ1n) is 5.41. The predicted octanol–water partition coefficient (Wildman–Crippen LogP) is 0.318. The zero-order valence-electron chi connectivity index (χ0n) is 10.1. The highest BCUT2D eigenvalue weighted by Crippen LogP contribution is 2.11. The van der Waals surface area contributed by atoms with E-state index in [0.29, 0.717) is 13.0 Å². The number of nitrogens with zero attached hydrogens (tertiary/aromatic N) is 1. The number of carbonyl (C=O) groups excluding carboxylic acids is 1. The topological polar surface area (TPSA) is 101 Å². The minimum Gasteiger partial charge on any atom is -0.497 e. The predicted molar refractivity (Wildman–Crippen MR) is 70.1 cm³/mol. The van der Waals surface area contributed by atoms with E-state index in [1.807, 2.05) is 24.3 Å². The summed E-state index contributed by atoms with van der Waals surface area (Å²) in [6, 6.07) is 7.57. The zero-order chi connectivity index (χ0) is 13.4. The molecule has 0 aromatic heterocycles. The number of hydrogen-bond donors (Lipinski definition) is 3. The summed E-state index contributed by atoms with van der Waals surface area (Å²) < 4.78 is 5.04. The maximum atomic E-state index is 11.3. The molecule has 0 bridgehead atoms. The molecule has 0 radical (unpaired) electrons. The fourth-order valence-electron chi connectivity index (χ4n) is 1.33. The van der Waals surface area contributed by atoms with Crippen LogP contribution in [0.4, 0.5) is 0 Å². The molecule has 0 heterocycles. The smallest absolute Gasteiger partial charge is 0.288 e. The number of amidine groups is 1. The molecule has 0 saturated carbocycles. The molecule has 0 aliphatic carbocycles. The number of aliphatic imine (C=N–C) groups is 1. The molecule has 1 aromatic rings. The van der Waals surface area contributed by atoms with Gasteiger partial charge in [0.15, 0.2) is 0 Å². The van der Waals surface area contributed by atoms with Crippen LogP contribution in [0.5, 0.6) is 5.75 Å². The number of ether oxygens (including phenoxy) is 1. The fraction of sp³-hybridized carbons (Fsp3) is 0.250. The molecule has 0 aliphatic heterocycles. The lowest BCUT2D eigenvalue weighted by Crippen LogP contribution is -2.31. The molecule has 6 heteroatoms. The van der Waals surface area contributed by atoms with E-state index in [1.54, 1.807) is 7.11 Å². The molecule has 18 heavy (non-hydrogen) atoms. The van der Waals surface area contributed by atoms with Crippen molar-refractivity contribution in [1.29, 1.82) is 5.41 Å². The van der Waals surface area contributed by atoms with Crippen molar-refractivity contribution < 1.29 is 9.53 Å². The fourth-order valence-corrected chi connectivity index (χ4v) is 1.33. The van der Waals surface area contributed by atoms with Crippen LogP contribution in [0.3, 0.4) is 0 Å². The Bertz CT molecular complexity index is 440. The van der Waals surface area contributed by atoms with Crippen LogP contribution in [0.25, 0.3) is 0 Å². The molecule has 0 fully saturated rings. The largest absolute Gasteiger partial charge is 0.497 e. The van der Waals surface area contributed by atoms with E-state index in [4.69, 9.17) is 15.9 Å². The molecule has 0 atom stereocenters. The van der Waals surface area contributed by atoms with Gasteiger partial charge in [0, 0.05) is 6.54 Å². The Morgan fingerprint density at radius 2 is 2.17 bits per heavy atom. The first kappa shape index (κ1) is 13.7. The van der Waals surface area contributed by atoms with E-state index in [2.05, 4.69) is 10.3 Å². The maximum absolute atomic E-state index is 11.3. The van der Waals surface area contributed by atoms with Crippen molar-refractivity contribution in [3.63, 3.8) is 0 Å². The van der Waals surface area contributed by atoms with Crippen LogP contribution in [-0.2, 0) is 11.2 Å². The molecular formula is C12H16N4O2. The SMILES string of the molecule is COc1ccc(CCNC(=O)C(=N)/N=C\N)cc1. The average molecular weight is 248 g/mol. The van der Waals surface area contributed by atoms with Crippen LogP contribution in [-0.4, -0.2) is 31.7 Å². The van der Waals surface area contributed by atoms with Gasteiger partial charge in [-0.3, -0.25) is 10.2 Å². The van der Waals surface area contributed by atoms with Gasteiger partial charge < -0.3 is 15.8 Å². The quantitative estimate of drug-likeness (QED) is 0.528. The van der Waals surface area contributed by atoms with Crippen LogP contribution in [0.15, 0.2) is 29.3 Å². The minimum atomic E-state index is -0.537. The average Bonchev–Trinajstić information content (AvgIpc) is 2.39. The van der Waals surface area contributed by atoms with Gasteiger partial charge in [0.1, 0.15) is 5.75 Å². The van der Waals surface area contributed by atoms with Crippen molar-refractivity contribution in [2.45, 2.75) is 6.42 Å². The van der Waals surface area contributed by atoms with Gasteiger partial charge in [0.25, 0.3) is 5.91 Å². The van der Waals surface area contributed by atoms with Crippen LogP contribution < -0.4 is 15.8 Å². The first-order valence-corrected chi connectivity index (χ1v) is 5.41. The van der Waals surface area contributed by atoms with Crippen LogP contribution in [0.1, 0.15) is 5.56 Å². The molecule has 0 spiro atoms. The third-order valence-electron chi connectivity index (χ3n) is 2.28. The molecule has 4 N–H and O–H groups in total. The Balaban J connectivity index is 2.37. The van der Waals surface area contributed by atoms with E-state index >= 15 is 0 Å². The Kier molecular flexibility index (Phi) is 5.37. The normalized spacial score (nSPS) is 10.3. The van der Waals surface area contributed by atoms with E-state index in [9.17, 15) is 4.79 Å². The second-order valence-electron chi connectivity index (χ2n) is 3.48. The molecule has 0 aliphatic rings. The molecule has 96 valence electrons. The number of amides is 1. The third kappa shape index (κ3) is 4.25. The van der Waals surface area contributed by atoms with Gasteiger partial charge in [-0.2, -0.15) is 0 Å². The molecule has 1 rings (SSSR count). The molecule has 0 unspecified atom stereocenters. The number of methoxy groups -OCH3 is 1. The summed E-state index contributed by atoms with van der Waals surface area (Å²) in [5.74, 6) is -0.140. The number of nitrogens with two attached hydrogens (primary N) is 1. The van der Waals surface area contributed by atoms with E-state index in [0.717, 1.165) is 17.7 Å². The second-order valence-corrected chi connectivity index (χ2v) is 3.48. The summed E-state index contributed by atoms with van der Waals surface area (Å²) >= 11 is 0. The highest BCUT2D eigenvalue weighted by atomic mass is 16.5. The molecule has 0 saturated heterocycles. The minimum absolute atomic E-state index is 0.396. The molecule has 1 amide bonds. The van der Waals surface area contributed by atoms with Crippen molar-refractivity contribution in [1.82, 2.24) is 5.32 Å². The number of carbonyl (C=O) groups is 1. The van der Waals surface area contributed by atoms with Gasteiger partial charge in [-0.25, -0.2) is 4.99 Å². The molecule has 1 aromatic carbocycles. The van der Waals surface area contributed by atoms with Crippen molar-refractivity contribution in [2.24, 2.45) is 10.7 Å². The van der Waals surface area contributed by atoms with Crippen LogP contribution >= 0.6 is 0 Å². The standard InChI is InChI=1S/C12H16N4O2/c1-18-10-4-2-9(3-5-10)6-7-15-12(17)11(14)16-8-13/h2-5,8H,6-7H2,1H3,(H,15,17)(H3,13,14,16). The Morgan fingerprint density at radius 3 is 2.72 bits per heavy atom. The molecule has 6 nitrogen and oxygen atoms in total. The summed E-state index contributed by atoms with van der Waals surface area (Å²) in [7, 11) is 1.61. The second kappa shape index (κ2) is 7.05. The van der Waals surface area contributed by atoms with Crippen molar-refractivity contribution in [2.75, 3.05) is 13.7 Å². The third-order valence-corrected chi connectivity index (χ3v) is 2.28. The zero-order valence-corrected chi connectivity index (χ0v) is 10.1. The van der Waals surface area contributed by atoms with Crippen molar-refractivity contribution >= 4 is 18.1 Å². The van der Waals surface area contributed by atoms with Gasteiger partial charge in [-0.15, -0.1) is 0 Å². The van der Waals surface area contributed by atoms with Crippen molar-refractivity contribution in [3.05, 3.63) is 29.8 Å². The highest BCUT2D eigenvalue weighted by molar-refractivity contribution is 6.37. The Labute approximate surface area is 105 Å². The maximum Gasteiger partial charge on any atom is 0.288 e. The Hall–Kier alpha value is -2.37. The number of nitrogens with one attached hydrogen (secondary N) is 2. The van der Waals surface area contributed by atoms with E-state index in [-0.39, 0.29) is 0 Å². The van der Waals surface area contributed by atoms with Crippen LogP contribution in [0, 0.1) is 5.41 Å². The lowest BCUT2D eigenvalue weighted by molar-refractivity contribution is -0.114. The summed E-state index contributed by atoms with van der Waals surface area (Å²) in [5.41, 5.74) is 6.06. The van der Waals surface area contributed by atoms with Gasteiger partial charge in [-0.1, -0.05) is 12.1 Å². The monoisotopic (exact) mass is 248 g/mol. The van der Waals surface area contributed by atoms with E-state index in [1.165, 1.54) is 0 Å². The van der Waals surface area contributed by atoms with Gasteiger partial charge in [-0.05, 0) is 24.1 Å². The summed E-state index contributed by atoms with van der Waals surface area (Å²) in [4.78, 5) is 14.7. The van der Waals surface area contributed by atoms with Gasteiger partial charge in [0.2, 0.25) is 5.84 Å². The summed E-state index contributed by atoms with van der Waals surface area (Å²) in [6.45, 7) is 0.438. The summed E-state index contributed by atoms with van der Waals surface area (Å²) in [5, 5.41) is 9.80. The highest BCUT2D eigenvalue weighted by Gasteiger charge is 2.05. The van der Waals surface area contributed by atoms with Gasteiger partial charge in [0.05, 0.1) is 13.4 Å². The van der Waals surface area contributed by atoms with Crippen LogP contribution in [0.2, 0.25) is 0 Å². The number of benzene rings is 1. The number of hydrogen-bond acceptors (Lipinski definition) is 3. The van der Waals surface area contributed by atoms with E-state index < -0.39 is 11.7 Å². The summed E-state index contributed by atoms with van der Waals surface area (Å²) in [6.07, 6.45) is 1.60. The van der Waals surface area contributed by atoms with Gasteiger partial charge >= 0.3 is 0 Å². The van der Waals surface area contributed by atoms with Crippen molar-refractivity contribution in [3.8, 4) is 5.75 Å². The lowest BCUT2D eigenvalue weighted by Gasteiger charge is -2.05. The number of rotatable bonds is 4. The Morgan fingerprint density at radius 1 is 1.50 bits per heavy atom. The first-order chi connectivity index (χ1) is 8.67. The lowest BCUT2D eigenvalue weighted by atomic mass is 10.1. The molecular weight excluding hydrogens is 232 g/mol.